The highest BCUT2D eigenvalue weighted by molar-refractivity contribution is 5.92. The summed E-state index contributed by atoms with van der Waals surface area (Å²) in [6.07, 6.45) is 2.78. The molecule has 1 aliphatic rings. The molecular formula is C18H23NO4. The lowest BCUT2D eigenvalue weighted by atomic mass is 9.69. The van der Waals surface area contributed by atoms with Crippen molar-refractivity contribution in [2.75, 3.05) is 14.2 Å². The molecule has 0 radical (unpaired) electrons. The number of nitrogens with zero attached hydrogens (tertiary/aromatic N) is 1. The summed E-state index contributed by atoms with van der Waals surface area (Å²) in [4.78, 5) is 24.0. The number of hydrogen-bond acceptors (Lipinski definition) is 5. The number of hydrogen-bond donors (Lipinski definition) is 0. The molecule has 2 rings (SSSR count). The van der Waals surface area contributed by atoms with Gasteiger partial charge in [-0.1, -0.05) is 19.1 Å². The van der Waals surface area contributed by atoms with Crippen molar-refractivity contribution in [3.8, 4) is 6.07 Å². The summed E-state index contributed by atoms with van der Waals surface area (Å²) in [6.45, 7) is 3.42. The Morgan fingerprint density at radius 1 is 1.30 bits per heavy atom. The highest BCUT2D eigenvalue weighted by Gasteiger charge is 2.42. The van der Waals surface area contributed by atoms with Crippen LogP contribution in [-0.2, 0) is 27.1 Å². The van der Waals surface area contributed by atoms with E-state index in [-0.39, 0.29) is 11.9 Å². The molecule has 0 aromatic heterocycles. The lowest BCUT2D eigenvalue weighted by molar-refractivity contribution is -0.153. The van der Waals surface area contributed by atoms with Gasteiger partial charge in [0.15, 0.2) is 0 Å². The van der Waals surface area contributed by atoms with Gasteiger partial charge in [-0.3, -0.25) is 4.79 Å². The van der Waals surface area contributed by atoms with Gasteiger partial charge in [-0.25, -0.2) is 4.79 Å². The standard InChI is InChI=1S/C16H20O4.C2H3N/c1-4-16(15(18)20-3)9-8-11-6-5-7-12(13(11)10-16)14(17)19-2;1-2-3/h5-7H,4,8-10H2,1-3H3;1H3. The van der Waals surface area contributed by atoms with Crippen molar-refractivity contribution in [1.29, 1.82) is 5.26 Å². The van der Waals surface area contributed by atoms with E-state index in [1.54, 1.807) is 12.1 Å². The summed E-state index contributed by atoms with van der Waals surface area (Å²) in [5.41, 5.74) is 2.09. The average molecular weight is 317 g/mol. The lowest BCUT2D eigenvalue weighted by Gasteiger charge is -2.35. The van der Waals surface area contributed by atoms with Crippen molar-refractivity contribution in [2.24, 2.45) is 5.41 Å². The summed E-state index contributed by atoms with van der Waals surface area (Å²) in [5, 5.41) is 7.32. The molecule has 1 unspecified atom stereocenters. The number of methoxy groups -OCH3 is 2. The molecule has 1 aromatic carbocycles. The number of esters is 2. The van der Waals surface area contributed by atoms with Crippen LogP contribution in [0.15, 0.2) is 18.2 Å². The fourth-order valence-electron chi connectivity index (χ4n) is 3.02. The van der Waals surface area contributed by atoms with Crippen molar-refractivity contribution in [2.45, 2.75) is 39.5 Å². The second-order valence-corrected chi connectivity index (χ2v) is 5.46. The van der Waals surface area contributed by atoms with E-state index < -0.39 is 5.41 Å². The Labute approximate surface area is 137 Å². The molecule has 0 heterocycles. The zero-order valence-corrected chi connectivity index (χ0v) is 14.1. The average Bonchev–Trinajstić information content (AvgIpc) is 2.59. The van der Waals surface area contributed by atoms with Gasteiger partial charge in [0.1, 0.15) is 0 Å². The largest absolute Gasteiger partial charge is 0.469 e. The maximum Gasteiger partial charge on any atom is 0.338 e. The van der Waals surface area contributed by atoms with Crippen LogP contribution in [0.4, 0.5) is 0 Å². The fraction of sp³-hybridized carbons (Fsp3) is 0.500. The molecule has 0 spiro atoms. The zero-order valence-electron chi connectivity index (χ0n) is 14.1. The monoisotopic (exact) mass is 317 g/mol. The molecule has 124 valence electrons. The first-order valence-corrected chi connectivity index (χ1v) is 7.58. The summed E-state index contributed by atoms with van der Waals surface area (Å²) in [6, 6.07) is 7.38. The Morgan fingerprint density at radius 3 is 2.48 bits per heavy atom. The lowest BCUT2D eigenvalue weighted by Crippen LogP contribution is -2.38. The molecule has 0 saturated carbocycles. The molecule has 5 nitrogen and oxygen atoms in total. The van der Waals surface area contributed by atoms with E-state index in [1.807, 2.05) is 19.1 Å². The first-order valence-electron chi connectivity index (χ1n) is 7.58. The Morgan fingerprint density at radius 2 is 1.96 bits per heavy atom. The van der Waals surface area contributed by atoms with E-state index in [0.29, 0.717) is 18.4 Å². The molecule has 0 bridgehead atoms. The molecule has 1 aromatic rings. The van der Waals surface area contributed by atoms with Crippen molar-refractivity contribution in [1.82, 2.24) is 0 Å². The van der Waals surface area contributed by atoms with Crippen LogP contribution in [0.1, 0.15) is 48.2 Å². The number of benzene rings is 1. The van der Waals surface area contributed by atoms with Gasteiger partial charge in [-0.05, 0) is 42.9 Å². The fourth-order valence-corrected chi connectivity index (χ4v) is 3.02. The molecule has 0 N–H and O–H groups in total. The molecule has 1 atom stereocenters. The van der Waals surface area contributed by atoms with Gasteiger partial charge in [0.05, 0.1) is 31.3 Å². The van der Waals surface area contributed by atoms with Crippen molar-refractivity contribution in [3.05, 3.63) is 34.9 Å². The van der Waals surface area contributed by atoms with Gasteiger partial charge in [0.25, 0.3) is 0 Å². The van der Waals surface area contributed by atoms with E-state index in [1.165, 1.54) is 21.1 Å². The van der Waals surface area contributed by atoms with Gasteiger partial charge in [-0.2, -0.15) is 5.26 Å². The number of ether oxygens (including phenoxy) is 2. The van der Waals surface area contributed by atoms with Crippen LogP contribution in [0.25, 0.3) is 0 Å². The number of carbonyl (C=O) groups excluding carboxylic acids is 2. The second kappa shape index (κ2) is 8.33. The third-order valence-corrected chi connectivity index (χ3v) is 4.36. The van der Waals surface area contributed by atoms with Crippen LogP contribution >= 0.6 is 0 Å². The predicted octanol–water partition coefficient (Wildman–Crippen LogP) is 3.06. The van der Waals surface area contributed by atoms with Crippen LogP contribution in [0, 0.1) is 16.7 Å². The van der Waals surface area contributed by atoms with E-state index in [0.717, 1.165) is 24.0 Å². The number of rotatable bonds is 3. The van der Waals surface area contributed by atoms with Crippen molar-refractivity contribution < 1.29 is 19.1 Å². The molecule has 5 heteroatoms. The van der Waals surface area contributed by atoms with E-state index in [2.05, 4.69) is 0 Å². The summed E-state index contributed by atoms with van der Waals surface area (Å²) >= 11 is 0. The highest BCUT2D eigenvalue weighted by atomic mass is 16.5. The third kappa shape index (κ3) is 3.89. The maximum absolute atomic E-state index is 12.1. The van der Waals surface area contributed by atoms with Crippen LogP contribution in [-0.4, -0.2) is 26.2 Å². The quantitative estimate of drug-likeness (QED) is 0.801. The molecule has 0 saturated heterocycles. The molecule has 0 fully saturated rings. The van der Waals surface area contributed by atoms with Crippen molar-refractivity contribution in [3.63, 3.8) is 0 Å². The minimum atomic E-state index is -0.522. The van der Waals surface area contributed by atoms with Gasteiger partial charge in [0.2, 0.25) is 0 Å². The summed E-state index contributed by atoms with van der Waals surface area (Å²) in [5.74, 6) is -0.538. The number of aryl methyl sites for hydroxylation is 1. The second-order valence-electron chi connectivity index (χ2n) is 5.46. The zero-order chi connectivity index (χ0) is 17.5. The smallest absolute Gasteiger partial charge is 0.338 e. The minimum Gasteiger partial charge on any atom is -0.469 e. The first kappa shape index (κ1) is 18.7. The predicted molar refractivity (Wildman–Crippen MR) is 85.8 cm³/mol. The SMILES string of the molecule is CC#N.CCC1(C(=O)OC)CCc2cccc(C(=O)OC)c2C1. The van der Waals surface area contributed by atoms with E-state index >= 15 is 0 Å². The summed E-state index contributed by atoms with van der Waals surface area (Å²) in [7, 11) is 2.79. The maximum atomic E-state index is 12.1. The van der Waals surface area contributed by atoms with Gasteiger partial charge < -0.3 is 9.47 Å². The van der Waals surface area contributed by atoms with Gasteiger partial charge >= 0.3 is 11.9 Å². The Kier molecular flexibility index (Phi) is 6.77. The highest BCUT2D eigenvalue weighted by Crippen LogP contribution is 2.40. The number of nitriles is 1. The minimum absolute atomic E-state index is 0.190. The van der Waals surface area contributed by atoms with E-state index in [4.69, 9.17) is 14.7 Å². The normalized spacial score (nSPS) is 18.6. The van der Waals surface area contributed by atoms with Gasteiger partial charge in [0, 0.05) is 6.92 Å². The van der Waals surface area contributed by atoms with Crippen molar-refractivity contribution >= 4 is 11.9 Å². The van der Waals surface area contributed by atoms with Crippen LogP contribution < -0.4 is 0 Å². The Bertz CT molecular complexity index is 618. The van der Waals surface area contributed by atoms with Crippen LogP contribution in [0.5, 0.6) is 0 Å². The third-order valence-electron chi connectivity index (χ3n) is 4.36. The molecule has 23 heavy (non-hydrogen) atoms. The van der Waals surface area contributed by atoms with Crippen LogP contribution in [0.2, 0.25) is 0 Å². The number of fused-ring (bicyclic) bond motifs is 1. The topological polar surface area (TPSA) is 76.4 Å². The molecule has 0 aliphatic heterocycles. The Balaban J connectivity index is 0.000000816. The van der Waals surface area contributed by atoms with Gasteiger partial charge in [-0.15, -0.1) is 0 Å². The van der Waals surface area contributed by atoms with E-state index in [9.17, 15) is 9.59 Å². The Hall–Kier alpha value is -2.35. The molecule has 1 aliphatic carbocycles. The van der Waals surface area contributed by atoms with Crippen LogP contribution in [0.3, 0.4) is 0 Å². The number of carbonyl (C=O) groups is 2. The first-order chi connectivity index (χ1) is 11.0. The molecule has 0 amide bonds. The summed E-state index contributed by atoms with van der Waals surface area (Å²) < 4.78 is 9.81. The molecular weight excluding hydrogens is 294 g/mol.